The summed E-state index contributed by atoms with van der Waals surface area (Å²) in [5.41, 5.74) is 9.20. The van der Waals surface area contributed by atoms with Gasteiger partial charge in [-0.2, -0.15) is 0 Å². The van der Waals surface area contributed by atoms with E-state index < -0.39 is 0 Å². The van der Waals surface area contributed by atoms with E-state index in [1.165, 1.54) is 49.8 Å². The summed E-state index contributed by atoms with van der Waals surface area (Å²) < 4.78 is 2.59. The van der Waals surface area contributed by atoms with Gasteiger partial charge >= 0.3 is 0 Å². The molecule has 18 heavy (non-hydrogen) atoms. The molecule has 4 aliphatic rings. The second-order valence-electron chi connectivity index (χ2n) is 7.16. The van der Waals surface area contributed by atoms with Gasteiger partial charge in [0.1, 0.15) is 0 Å². The lowest BCUT2D eigenvalue weighted by Crippen LogP contribution is -2.52. The molecule has 0 spiro atoms. The Labute approximate surface area is 110 Å². The minimum Gasteiger partial charge on any atom is -0.344 e. The second kappa shape index (κ2) is 3.63. The van der Waals surface area contributed by atoms with Gasteiger partial charge in [0.15, 0.2) is 0 Å². The Bertz CT molecular complexity index is 436. The number of nitrogens with zero attached hydrogens (tertiary/aromatic N) is 1. The highest BCUT2D eigenvalue weighted by molar-refractivity contribution is 5.24. The smallest absolute Gasteiger partial charge is 0.0451 e. The Kier molecular flexibility index (Phi) is 2.24. The van der Waals surface area contributed by atoms with Crippen molar-refractivity contribution < 1.29 is 0 Å². The summed E-state index contributed by atoms with van der Waals surface area (Å²) in [6.07, 6.45) is 11.1. The third-order valence-electron chi connectivity index (χ3n) is 5.93. The summed E-state index contributed by atoms with van der Waals surface area (Å²) in [5, 5.41) is 0. The van der Waals surface area contributed by atoms with Crippen molar-refractivity contribution in [3.63, 3.8) is 0 Å². The molecule has 0 atom stereocenters. The van der Waals surface area contributed by atoms with Gasteiger partial charge in [-0.1, -0.05) is 0 Å². The first kappa shape index (κ1) is 11.1. The monoisotopic (exact) mass is 244 g/mol. The van der Waals surface area contributed by atoms with Crippen molar-refractivity contribution in [1.82, 2.24) is 4.57 Å². The van der Waals surface area contributed by atoms with Crippen LogP contribution in [0.25, 0.3) is 0 Å². The maximum atomic E-state index is 5.99. The zero-order chi connectivity index (χ0) is 12.3. The van der Waals surface area contributed by atoms with Crippen LogP contribution < -0.4 is 5.73 Å². The van der Waals surface area contributed by atoms with Gasteiger partial charge in [0.2, 0.25) is 0 Å². The van der Waals surface area contributed by atoms with Gasteiger partial charge in [-0.05, 0) is 74.8 Å². The van der Waals surface area contributed by atoms with E-state index >= 15 is 0 Å². The third kappa shape index (κ3) is 1.38. The molecule has 0 aliphatic heterocycles. The Morgan fingerprint density at radius 2 is 1.72 bits per heavy atom. The number of hydrogen-bond donors (Lipinski definition) is 1. The van der Waals surface area contributed by atoms with E-state index in [9.17, 15) is 0 Å². The van der Waals surface area contributed by atoms with Crippen LogP contribution in [0, 0.1) is 24.7 Å². The molecule has 1 heterocycles. The average Bonchev–Trinajstić information content (AvgIpc) is 2.69. The number of rotatable bonds is 2. The number of aromatic nitrogens is 1. The summed E-state index contributed by atoms with van der Waals surface area (Å²) in [5.74, 6) is 3.01. The standard InChI is InChI=1S/C16H24N2/c1-11-2-3-18(15(11)10-17)16-7-12-4-13(8-16)6-14(5-12)9-16/h2-3,12-14H,4-10,17H2,1H3. The van der Waals surface area contributed by atoms with Crippen molar-refractivity contribution in [2.75, 3.05) is 0 Å². The van der Waals surface area contributed by atoms with Crippen LogP contribution in [0.3, 0.4) is 0 Å². The molecule has 2 heteroatoms. The van der Waals surface area contributed by atoms with Gasteiger partial charge in [-0.15, -0.1) is 0 Å². The van der Waals surface area contributed by atoms with E-state index in [0.717, 1.165) is 17.8 Å². The largest absolute Gasteiger partial charge is 0.344 e. The highest BCUT2D eigenvalue weighted by atomic mass is 15.1. The van der Waals surface area contributed by atoms with E-state index in [4.69, 9.17) is 5.73 Å². The van der Waals surface area contributed by atoms with Crippen LogP contribution in [-0.2, 0) is 12.1 Å². The van der Waals surface area contributed by atoms with E-state index in [1.54, 1.807) is 0 Å². The van der Waals surface area contributed by atoms with Crippen LogP contribution in [0.4, 0.5) is 0 Å². The fourth-order valence-corrected chi connectivity index (χ4v) is 5.63. The Morgan fingerprint density at radius 3 is 2.22 bits per heavy atom. The lowest BCUT2D eigenvalue weighted by molar-refractivity contribution is -0.0441. The molecule has 4 bridgehead atoms. The van der Waals surface area contributed by atoms with E-state index in [-0.39, 0.29) is 0 Å². The van der Waals surface area contributed by atoms with Crippen LogP contribution in [-0.4, -0.2) is 4.57 Å². The normalized spacial score (nSPS) is 41.6. The molecule has 0 unspecified atom stereocenters. The molecule has 0 saturated heterocycles. The second-order valence-corrected chi connectivity index (χ2v) is 7.16. The van der Waals surface area contributed by atoms with Gasteiger partial charge < -0.3 is 10.3 Å². The summed E-state index contributed by atoms with van der Waals surface area (Å²) in [6, 6.07) is 2.26. The molecular weight excluding hydrogens is 220 g/mol. The van der Waals surface area contributed by atoms with E-state index in [1.807, 2.05) is 0 Å². The van der Waals surface area contributed by atoms with Gasteiger partial charge in [0.05, 0.1) is 0 Å². The van der Waals surface area contributed by atoms with Gasteiger partial charge in [0.25, 0.3) is 0 Å². The molecule has 0 radical (unpaired) electrons. The zero-order valence-electron chi connectivity index (χ0n) is 11.4. The van der Waals surface area contributed by atoms with Crippen LogP contribution in [0.5, 0.6) is 0 Å². The number of nitrogens with two attached hydrogens (primary N) is 1. The molecular formula is C16H24N2. The Hall–Kier alpha value is -0.760. The molecule has 4 fully saturated rings. The molecule has 4 saturated carbocycles. The number of aryl methyl sites for hydroxylation is 1. The lowest BCUT2D eigenvalue weighted by atomic mass is 9.53. The summed E-state index contributed by atoms with van der Waals surface area (Å²) in [4.78, 5) is 0. The van der Waals surface area contributed by atoms with Crippen molar-refractivity contribution in [2.24, 2.45) is 23.5 Å². The molecule has 4 aliphatic carbocycles. The highest BCUT2D eigenvalue weighted by Gasteiger charge is 2.52. The van der Waals surface area contributed by atoms with Gasteiger partial charge in [0, 0.05) is 24.0 Å². The van der Waals surface area contributed by atoms with Crippen molar-refractivity contribution >= 4 is 0 Å². The summed E-state index contributed by atoms with van der Waals surface area (Å²) in [7, 11) is 0. The van der Waals surface area contributed by atoms with Gasteiger partial charge in [-0.3, -0.25) is 0 Å². The fourth-order valence-electron chi connectivity index (χ4n) is 5.63. The SMILES string of the molecule is Cc1ccn(C23CC4CC(CC(C4)C2)C3)c1CN. The Morgan fingerprint density at radius 1 is 1.17 bits per heavy atom. The maximum Gasteiger partial charge on any atom is 0.0451 e. The van der Waals surface area contributed by atoms with Crippen molar-refractivity contribution in [3.05, 3.63) is 23.5 Å². The first-order chi connectivity index (χ1) is 8.70. The molecule has 2 N–H and O–H groups in total. The lowest BCUT2D eigenvalue weighted by Gasteiger charge is -2.57. The first-order valence-corrected chi connectivity index (χ1v) is 7.57. The van der Waals surface area contributed by atoms with Crippen molar-refractivity contribution in [3.8, 4) is 0 Å². The summed E-state index contributed by atoms with van der Waals surface area (Å²) in [6.45, 7) is 2.90. The molecule has 1 aromatic rings. The van der Waals surface area contributed by atoms with E-state index in [0.29, 0.717) is 12.1 Å². The predicted octanol–water partition coefficient (Wildman–Crippen LogP) is 3.18. The third-order valence-corrected chi connectivity index (χ3v) is 5.93. The Balaban J connectivity index is 1.79. The van der Waals surface area contributed by atoms with Crippen LogP contribution >= 0.6 is 0 Å². The average molecular weight is 244 g/mol. The van der Waals surface area contributed by atoms with Gasteiger partial charge in [-0.25, -0.2) is 0 Å². The minimum atomic E-state index is 0.442. The van der Waals surface area contributed by atoms with Crippen LogP contribution in [0.2, 0.25) is 0 Å². The molecule has 1 aromatic heterocycles. The predicted molar refractivity (Wildman–Crippen MR) is 73.2 cm³/mol. The van der Waals surface area contributed by atoms with Crippen LogP contribution in [0.1, 0.15) is 49.8 Å². The number of hydrogen-bond acceptors (Lipinski definition) is 1. The first-order valence-electron chi connectivity index (χ1n) is 7.57. The quantitative estimate of drug-likeness (QED) is 0.851. The van der Waals surface area contributed by atoms with E-state index in [2.05, 4.69) is 23.8 Å². The fraction of sp³-hybridized carbons (Fsp3) is 0.750. The molecule has 0 aromatic carbocycles. The molecule has 0 amide bonds. The molecule has 98 valence electrons. The van der Waals surface area contributed by atoms with Crippen LogP contribution in [0.15, 0.2) is 12.3 Å². The maximum absolute atomic E-state index is 5.99. The highest BCUT2D eigenvalue weighted by Crippen LogP contribution is 2.59. The topological polar surface area (TPSA) is 30.9 Å². The van der Waals surface area contributed by atoms with Crippen molar-refractivity contribution in [2.45, 2.75) is 57.5 Å². The summed E-state index contributed by atoms with van der Waals surface area (Å²) >= 11 is 0. The van der Waals surface area contributed by atoms with Crippen molar-refractivity contribution in [1.29, 1.82) is 0 Å². The minimum absolute atomic E-state index is 0.442. The molecule has 5 rings (SSSR count). The molecule has 2 nitrogen and oxygen atoms in total. The zero-order valence-corrected chi connectivity index (χ0v) is 11.4.